The van der Waals surface area contributed by atoms with Crippen LogP contribution in [-0.2, 0) is 21.3 Å². The minimum absolute atomic E-state index is 0.160. The van der Waals surface area contributed by atoms with Crippen LogP contribution in [0.15, 0.2) is 36.7 Å². The first-order valence-electron chi connectivity index (χ1n) is 12.1. The van der Waals surface area contributed by atoms with E-state index in [1.807, 2.05) is 26.8 Å². The van der Waals surface area contributed by atoms with Crippen molar-refractivity contribution in [2.24, 2.45) is 17.8 Å². The summed E-state index contributed by atoms with van der Waals surface area (Å²) in [6.45, 7) is 7.82. The SMILES string of the molecule is CCOC(=O)C1CC(C)C(O)(c2ncc(-c3cc(C)cc(Nc4nccc(C(F)(F)F)n4)c3)s2)C(C)C1. The van der Waals surface area contributed by atoms with Gasteiger partial charge in [-0.05, 0) is 67.9 Å². The van der Waals surface area contributed by atoms with Crippen molar-refractivity contribution in [3.8, 4) is 10.4 Å². The molecule has 1 aromatic carbocycles. The Hall–Kier alpha value is -3.05. The topological polar surface area (TPSA) is 97.2 Å². The Labute approximate surface area is 217 Å². The summed E-state index contributed by atoms with van der Waals surface area (Å²) < 4.78 is 44.3. The average molecular weight is 535 g/mol. The minimum Gasteiger partial charge on any atom is -0.466 e. The van der Waals surface area contributed by atoms with E-state index >= 15 is 0 Å². The number of esters is 1. The molecule has 7 nitrogen and oxygen atoms in total. The summed E-state index contributed by atoms with van der Waals surface area (Å²) in [5.41, 5.74) is -0.0265. The lowest BCUT2D eigenvalue weighted by molar-refractivity contribution is -0.158. The molecular formula is C26H29F3N4O3S. The van der Waals surface area contributed by atoms with E-state index in [9.17, 15) is 23.1 Å². The van der Waals surface area contributed by atoms with Crippen LogP contribution in [0.2, 0.25) is 0 Å². The van der Waals surface area contributed by atoms with Crippen molar-refractivity contribution in [1.82, 2.24) is 15.0 Å². The zero-order chi connectivity index (χ0) is 27.0. The fourth-order valence-electron chi connectivity index (χ4n) is 4.97. The lowest BCUT2D eigenvalue weighted by atomic mass is 9.66. The fraction of sp³-hybridized carbons (Fsp3) is 0.462. The van der Waals surface area contributed by atoms with Crippen LogP contribution in [0.25, 0.3) is 10.4 Å². The maximum absolute atomic E-state index is 13.0. The summed E-state index contributed by atoms with van der Waals surface area (Å²) in [4.78, 5) is 25.1. The molecule has 0 spiro atoms. The predicted molar refractivity (Wildman–Crippen MR) is 134 cm³/mol. The summed E-state index contributed by atoms with van der Waals surface area (Å²) in [7, 11) is 0. The lowest BCUT2D eigenvalue weighted by Gasteiger charge is -2.44. The number of ether oxygens (including phenoxy) is 1. The number of hydrogen-bond acceptors (Lipinski definition) is 8. The molecule has 0 bridgehead atoms. The number of aromatic nitrogens is 3. The number of anilines is 2. The third-order valence-corrected chi connectivity index (χ3v) is 8.00. The van der Waals surface area contributed by atoms with E-state index in [2.05, 4.69) is 20.3 Å². The van der Waals surface area contributed by atoms with E-state index in [0.717, 1.165) is 28.3 Å². The van der Waals surface area contributed by atoms with E-state index in [4.69, 9.17) is 4.74 Å². The van der Waals surface area contributed by atoms with Gasteiger partial charge in [-0.15, -0.1) is 11.3 Å². The van der Waals surface area contributed by atoms with Crippen LogP contribution >= 0.6 is 11.3 Å². The van der Waals surface area contributed by atoms with Crippen molar-refractivity contribution in [3.63, 3.8) is 0 Å². The molecule has 2 atom stereocenters. The highest BCUT2D eigenvalue weighted by Crippen LogP contribution is 2.49. The first-order chi connectivity index (χ1) is 17.4. The van der Waals surface area contributed by atoms with Crippen molar-refractivity contribution >= 4 is 28.9 Å². The average Bonchev–Trinajstić information content (AvgIpc) is 3.32. The van der Waals surface area contributed by atoms with Crippen LogP contribution in [0.1, 0.15) is 49.9 Å². The summed E-state index contributed by atoms with van der Waals surface area (Å²) in [5, 5.41) is 15.2. The number of hydrogen-bond donors (Lipinski definition) is 2. The quantitative estimate of drug-likeness (QED) is 0.369. The number of thiazole rings is 1. The smallest absolute Gasteiger partial charge is 0.433 e. The predicted octanol–water partition coefficient (Wildman–Crippen LogP) is 6.10. The van der Waals surface area contributed by atoms with Gasteiger partial charge in [-0.25, -0.2) is 15.0 Å². The molecule has 11 heteroatoms. The number of nitrogens with one attached hydrogen (secondary N) is 1. The molecule has 1 saturated carbocycles. The van der Waals surface area contributed by atoms with Crippen LogP contribution in [0, 0.1) is 24.7 Å². The fourth-order valence-corrected chi connectivity index (χ4v) is 6.19. The zero-order valence-electron chi connectivity index (χ0n) is 21.0. The highest BCUT2D eigenvalue weighted by atomic mass is 32.1. The molecule has 3 aromatic rings. The van der Waals surface area contributed by atoms with Crippen molar-refractivity contribution < 1.29 is 27.8 Å². The highest BCUT2D eigenvalue weighted by Gasteiger charge is 2.50. The molecule has 0 aliphatic heterocycles. The van der Waals surface area contributed by atoms with Crippen LogP contribution in [0.5, 0.6) is 0 Å². The maximum Gasteiger partial charge on any atom is 0.433 e. The Bertz CT molecular complexity index is 1270. The van der Waals surface area contributed by atoms with Gasteiger partial charge in [-0.2, -0.15) is 13.2 Å². The Morgan fingerprint density at radius 1 is 1.22 bits per heavy atom. The number of aliphatic hydroxyl groups is 1. The Morgan fingerprint density at radius 2 is 1.92 bits per heavy atom. The number of nitrogens with zero attached hydrogens (tertiary/aromatic N) is 3. The Balaban J connectivity index is 1.58. The maximum atomic E-state index is 13.0. The molecule has 4 rings (SSSR count). The number of rotatable bonds is 6. The van der Waals surface area contributed by atoms with Crippen molar-refractivity contribution in [2.75, 3.05) is 11.9 Å². The number of aryl methyl sites for hydroxylation is 1. The van der Waals surface area contributed by atoms with E-state index in [1.54, 1.807) is 25.3 Å². The lowest BCUT2D eigenvalue weighted by Crippen LogP contribution is -2.47. The van der Waals surface area contributed by atoms with Gasteiger partial charge in [0.1, 0.15) is 16.3 Å². The van der Waals surface area contributed by atoms with Crippen molar-refractivity contribution in [1.29, 1.82) is 0 Å². The summed E-state index contributed by atoms with van der Waals surface area (Å²) in [5.74, 6) is -1.07. The van der Waals surface area contributed by atoms with Crippen LogP contribution in [0.4, 0.5) is 24.8 Å². The van der Waals surface area contributed by atoms with E-state index in [-0.39, 0.29) is 29.7 Å². The van der Waals surface area contributed by atoms with Gasteiger partial charge in [0.15, 0.2) is 0 Å². The molecule has 1 aliphatic carbocycles. The van der Waals surface area contributed by atoms with Gasteiger partial charge in [-0.1, -0.05) is 19.9 Å². The van der Waals surface area contributed by atoms with Gasteiger partial charge in [0.05, 0.1) is 17.4 Å². The van der Waals surface area contributed by atoms with E-state index < -0.39 is 17.5 Å². The third-order valence-electron chi connectivity index (χ3n) is 6.81. The number of halogens is 3. The highest BCUT2D eigenvalue weighted by molar-refractivity contribution is 7.15. The van der Waals surface area contributed by atoms with Gasteiger partial charge in [-0.3, -0.25) is 4.79 Å². The van der Waals surface area contributed by atoms with E-state index in [1.165, 1.54) is 11.3 Å². The van der Waals surface area contributed by atoms with Crippen molar-refractivity contribution in [2.45, 2.75) is 52.3 Å². The monoisotopic (exact) mass is 534 g/mol. The molecule has 1 fully saturated rings. The standard InChI is InChI=1S/C26H29F3N4O3S/c1-5-36-22(34)18-10-15(3)25(35,16(4)11-18)23-31-13-20(37-23)17-8-14(2)9-19(12-17)32-24-30-7-6-21(33-24)26(27,28)29/h6-9,12-13,15-16,18,35H,5,10-11H2,1-4H3,(H,30,32,33). The molecule has 2 aromatic heterocycles. The second-order valence-electron chi connectivity index (χ2n) is 9.55. The molecule has 2 unspecified atom stereocenters. The largest absolute Gasteiger partial charge is 0.466 e. The van der Waals surface area contributed by atoms with Gasteiger partial charge in [0, 0.05) is 18.1 Å². The third kappa shape index (κ3) is 5.62. The van der Waals surface area contributed by atoms with Gasteiger partial charge in [0.2, 0.25) is 5.95 Å². The number of carbonyl (C=O) groups is 1. The number of benzene rings is 1. The molecule has 198 valence electrons. The molecule has 0 amide bonds. The minimum atomic E-state index is -4.57. The van der Waals surface area contributed by atoms with Crippen LogP contribution < -0.4 is 5.32 Å². The number of alkyl halides is 3. The summed E-state index contributed by atoms with van der Waals surface area (Å²) >= 11 is 1.36. The Kier molecular flexibility index (Phi) is 7.57. The molecule has 2 heterocycles. The second kappa shape index (κ2) is 10.4. The van der Waals surface area contributed by atoms with Crippen molar-refractivity contribution in [3.05, 3.63) is 52.9 Å². The molecule has 2 N–H and O–H groups in total. The van der Waals surface area contributed by atoms with Crippen LogP contribution in [-0.4, -0.2) is 32.6 Å². The van der Waals surface area contributed by atoms with Crippen LogP contribution in [0.3, 0.4) is 0 Å². The van der Waals surface area contributed by atoms with Gasteiger partial charge in [0.25, 0.3) is 0 Å². The second-order valence-corrected chi connectivity index (χ2v) is 10.6. The molecule has 0 saturated heterocycles. The number of carbonyl (C=O) groups excluding carboxylic acids is 1. The summed E-state index contributed by atoms with van der Waals surface area (Å²) in [6.07, 6.45) is -0.813. The molecule has 1 aliphatic rings. The molecule has 0 radical (unpaired) electrons. The zero-order valence-corrected chi connectivity index (χ0v) is 21.8. The normalized spacial score (nSPS) is 24.1. The molecular weight excluding hydrogens is 505 g/mol. The molecule has 37 heavy (non-hydrogen) atoms. The first-order valence-corrected chi connectivity index (χ1v) is 12.9. The first kappa shape index (κ1) is 27.0. The van der Waals surface area contributed by atoms with E-state index in [0.29, 0.717) is 30.1 Å². The Morgan fingerprint density at radius 3 is 2.57 bits per heavy atom. The van der Waals surface area contributed by atoms with Gasteiger partial charge >= 0.3 is 12.1 Å². The summed E-state index contributed by atoms with van der Waals surface area (Å²) in [6, 6.07) is 6.31. The van der Waals surface area contributed by atoms with Gasteiger partial charge < -0.3 is 15.2 Å².